The molecule has 0 radical (unpaired) electrons. The van der Waals surface area contributed by atoms with E-state index in [2.05, 4.69) is 5.10 Å². The monoisotopic (exact) mass is 254 g/mol. The number of benzene rings is 2. The molecule has 0 N–H and O–H groups in total. The van der Waals surface area contributed by atoms with Crippen molar-refractivity contribution in [2.45, 2.75) is 0 Å². The third-order valence-corrected chi connectivity index (χ3v) is 2.66. The van der Waals surface area contributed by atoms with Gasteiger partial charge in [0.2, 0.25) is 0 Å². The SMILES string of the molecule is Fc1ccccc1On1ccc(-c2ccccc2)n1. The molecular weight excluding hydrogens is 243 g/mol. The molecule has 4 heteroatoms. The Morgan fingerprint density at radius 1 is 0.895 bits per heavy atom. The minimum absolute atomic E-state index is 0.144. The molecule has 2 aromatic carbocycles. The fourth-order valence-electron chi connectivity index (χ4n) is 1.74. The molecule has 19 heavy (non-hydrogen) atoms. The molecule has 3 rings (SSSR count). The fraction of sp³-hybridized carbons (Fsp3) is 0. The van der Waals surface area contributed by atoms with E-state index in [-0.39, 0.29) is 5.75 Å². The Kier molecular flexibility index (Phi) is 2.98. The molecule has 0 fully saturated rings. The van der Waals surface area contributed by atoms with Crippen molar-refractivity contribution in [3.05, 3.63) is 72.7 Å². The van der Waals surface area contributed by atoms with E-state index in [1.54, 1.807) is 24.4 Å². The van der Waals surface area contributed by atoms with Crippen LogP contribution >= 0.6 is 0 Å². The Morgan fingerprint density at radius 2 is 1.63 bits per heavy atom. The van der Waals surface area contributed by atoms with Gasteiger partial charge in [0, 0.05) is 5.56 Å². The Balaban J connectivity index is 1.85. The van der Waals surface area contributed by atoms with Crippen LogP contribution in [0.3, 0.4) is 0 Å². The molecule has 0 saturated heterocycles. The van der Waals surface area contributed by atoms with Crippen LogP contribution in [0.2, 0.25) is 0 Å². The van der Waals surface area contributed by atoms with Crippen LogP contribution in [0.15, 0.2) is 66.9 Å². The highest BCUT2D eigenvalue weighted by Crippen LogP contribution is 2.18. The summed E-state index contributed by atoms with van der Waals surface area (Å²) in [7, 11) is 0. The Morgan fingerprint density at radius 3 is 2.42 bits per heavy atom. The van der Waals surface area contributed by atoms with E-state index < -0.39 is 5.82 Å². The largest absolute Gasteiger partial charge is 0.355 e. The van der Waals surface area contributed by atoms with Crippen molar-refractivity contribution < 1.29 is 9.23 Å². The molecule has 1 aromatic heterocycles. The van der Waals surface area contributed by atoms with Crippen LogP contribution in [0.5, 0.6) is 5.75 Å². The summed E-state index contributed by atoms with van der Waals surface area (Å²) in [6.07, 6.45) is 1.65. The molecule has 3 aromatic rings. The summed E-state index contributed by atoms with van der Waals surface area (Å²) < 4.78 is 13.4. The molecule has 0 amide bonds. The van der Waals surface area contributed by atoms with Crippen molar-refractivity contribution in [3.8, 4) is 17.0 Å². The highest BCUT2D eigenvalue weighted by molar-refractivity contribution is 5.57. The van der Waals surface area contributed by atoms with Crippen molar-refractivity contribution in [1.29, 1.82) is 0 Å². The summed E-state index contributed by atoms with van der Waals surface area (Å²) >= 11 is 0. The second kappa shape index (κ2) is 4.94. The molecule has 0 unspecified atom stereocenters. The summed E-state index contributed by atoms with van der Waals surface area (Å²) in [5.74, 6) is -0.274. The highest BCUT2D eigenvalue weighted by Gasteiger charge is 2.06. The van der Waals surface area contributed by atoms with Crippen molar-refractivity contribution in [3.63, 3.8) is 0 Å². The molecular formula is C15H11FN2O. The maximum absolute atomic E-state index is 13.4. The van der Waals surface area contributed by atoms with Crippen LogP contribution < -0.4 is 4.84 Å². The lowest BCUT2D eigenvalue weighted by atomic mass is 10.2. The van der Waals surface area contributed by atoms with Gasteiger partial charge in [0.15, 0.2) is 11.6 Å². The van der Waals surface area contributed by atoms with E-state index in [0.29, 0.717) is 0 Å². The number of hydrogen-bond donors (Lipinski definition) is 0. The second-order valence-corrected chi connectivity index (χ2v) is 3.99. The van der Waals surface area contributed by atoms with Gasteiger partial charge in [-0.1, -0.05) is 47.3 Å². The number of aromatic nitrogens is 2. The highest BCUT2D eigenvalue weighted by atomic mass is 19.1. The summed E-state index contributed by atoms with van der Waals surface area (Å²) in [6.45, 7) is 0. The van der Waals surface area contributed by atoms with Crippen LogP contribution in [-0.2, 0) is 0 Å². The smallest absolute Gasteiger partial charge is 0.193 e. The van der Waals surface area contributed by atoms with E-state index in [0.717, 1.165) is 11.3 Å². The zero-order chi connectivity index (χ0) is 13.1. The number of halogens is 1. The molecule has 94 valence electrons. The van der Waals surface area contributed by atoms with Gasteiger partial charge in [-0.05, 0) is 18.2 Å². The van der Waals surface area contributed by atoms with Crippen molar-refractivity contribution in [2.75, 3.05) is 0 Å². The van der Waals surface area contributed by atoms with Gasteiger partial charge in [0.1, 0.15) is 0 Å². The first-order chi connectivity index (χ1) is 9.33. The lowest BCUT2D eigenvalue weighted by Gasteiger charge is -2.04. The maximum Gasteiger partial charge on any atom is 0.193 e. The average Bonchev–Trinajstić information content (AvgIpc) is 2.91. The van der Waals surface area contributed by atoms with Crippen LogP contribution in [-0.4, -0.2) is 9.94 Å². The van der Waals surface area contributed by atoms with Gasteiger partial charge in [0.25, 0.3) is 0 Å². The van der Waals surface area contributed by atoms with E-state index in [1.165, 1.54) is 10.9 Å². The Labute approximate surface area is 109 Å². The molecule has 3 nitrogen and oxygen atoms in total. The number of para-hydroxylation sites is 1. The van der Waals surface area contributed by atoms with Crippen molar-refractivity contribution in [1.82, 2.24) is 9.94 Å². The van der Waals surface area contributed by atoms with Crippen LogP contribution in [0.25, 0.3) is 11.3 Å². The fourth-order valence-corrected chi connectivity index (χ4v) is 1.74. The Hall–Kier alpha value is -2.62. The molecule has 0 atom stereocenters. The minimum Gasteiger partial charge on any atom is -0.355 e. The quantitative estimate of drug-likeness (QED) is 0.715. The number of hydrogen-bond acceptors (Lipinski definition) is 2. The predicted octanol–water partition coefficient (Wildman–Crippen LogP) is 3.53. The molecule has 0 spiro atoms. The van der Waals surface area contributed by atoms with E-state index in [4.69, 9.17) is 4.84 Å². The summed E-state index contributed by atoms with van der Waals surface area (Å²) in [5, 5.41) is 4.24. The first-order valence-corrected chi connectivity index (χ1v) is 5.87. The molecule has 0 bridgehead atoms. The summed E-state index contributed by atoms with van der Waals surface area (Å²) in [6, 6.07) is 17.8. The second-order valence-electron chi connectivity index (χ2n) is 3.99. The molecule has 0 aliphatic rings. The molecule has 0 saturated carbocycles. The van der Waals surface area contributed by atoms with Gasteiger partial charge in [0.05, 0.1) is 11.9 Å². The van der Waals surface area contributed by atoms with Gasteiger partial charge < -0.3 is 4.84 Å². The average molecular weight is 254 g/mol. The van der Waals surface area contributed by atoms with Gasteiger partial charge >= 0.3 is 0 Å². The zero-order valence-corrected chi connectivity index (χ0v) is 10.0. The standard InChI is InChI=1S/C15H11FN2O/c16-13-8-4-5-9-15(13)19-18-11-10-14(17-18)12-6-2-1-3-7-12/h1-11H. The van der Waals surface area contributed by atoms with Gasteiger partial charge in [-0.3, -0.25) is 0 Å². The molecule has 0 aliphatic carbocycles. The van der Waals surface area contributed by atoms with Crippen LogP contribution in [0.4, 0.5) is 4.39 Å². The third-order valence-electron chi connectivity index (χ3n) is 2.66. The van der Waals surface area contributed by atoms with Crippen LogP contribution in [0.1, 0.15) is 0 Å². The molecule has 1 heterocycles. The van der Waals surface area contributed by atoms with E-state index in [1.807, 2.05) is 36.4 Å². The van der Waals surface area contributed by atoms with Gasteiger partial charge in [-0.15, -0.1) is 5.10 Å². The first kappa shape index (κ1) is 11.5. The topological polar surface area (TPSA) is 27.1 Å². The number of rotatable bonds is 3. The van der Waals surface area contributed by atoms with Crippen molar-refractivity contribution in [2.24, 2.45) is 0 Å². The molecule has 0 aliphatic heterocycles. The zero-order valence-electron chi connectivity index (χ0n) is 10.0. The van der Waals surface area contributed by atoms with Gasteiger partial charge in [-0.25, -0.2) is 4.39 Å². The summed E-state index contributed by atoms with van der Waals surface area (Å²) in [4.78, 5) is 6.59. The summed E-state index contributed by atoms with van der Waals surface area (Å²) in [5.41, 5.74) is 1.76. The maximum atomic E-state index is 13.4. The van der Waals surface area contributed by atoms with Gasteiger partial charge in [-0.2, -0.15) is 0 Å². The minimum atomic E-state index is -0.417. The van der Waals surface area contributed by atoms with E-state index >= 15 is 0 Å². The normalized spacial score (nSPS) is 10.4. The van der Waals surface area contributed by atoms with Crippen molar-refractivity contribution >= 4 is 0 Å². The number of nitrogens with zero attached hydrogens (tertiary/aromatic N) is 2. The van der Waals surface area contributed by atoms with E-state index in [9.17, 15) is 4.39 Å². The first-order valence-electron chi connectivity index (χ1n) is 5.87. The predicted molar refractivity (Wildman–Crippen MR) is 70.1 cm³/mol. The third kappa shape index (κ3) is 2.47. The van der Waals surface area contributed by atoms with Crippen LogP contribution in [0, 0.1) is 5.82 Å². The Bertz CT molecular complexity index is 679. The lowest BCUT2D eigenvalue weighted by molar-refractivity contribution is 0.171. The lowest BCUT2D eigenvalue weighted by Crippen LogP contribution is -2.06.